The van der Waals surface area contributed by atoms with Gasteiger partial charge in [0.2, 0.25) is 0 Å². The van der Waals surface area contributed by atoms with Gasteiger partial charge < -0.3 is 9.52 Å². The lowest BCUT2D eigenvalue weighted by molar-refractivity contribution is 0.196. The normalized spacial score (nSPS) is 13.5. The number of oxazole rings is 1. The van der Waals surface area contributed by atoms with Crippen molar-refractivity contribution in [2.24, 2.45) is 0 Å². The van der Waals surface area contributed by atoms with Gasteiger partial charge in [0, 0.05) is 17.5 Å². The van der Waals surface area contributed by atoms with Crippen LogP contribution >= 0.6 is 0 Å². The van der Waals surface area contributed by atoms with Crippen LogP contribution in [0.15, 0.2) is 29.0 Å². The molecule has 1 heterocycles. The second-order valence-electron chi connectivity index (χ2n) is 5.55. The molecule has 2 rings (SSSR count). The zero-order chi connectivity index (χ0) is 17.2. The summed E-state index contributed by atoms with van der Waals surface area (Å²) in [4.78, 5) is 3.88. The van der Waals surface area contributed by atoms with Crippen LogP contribution in [0.3, 0.4) is 0 Å². The molecule has 0 aliphatic carbocycles. The van der Waals surface area contributed by atoms with Crippen molar-refractivity contribution in [3.05, 3.63) is 53.2 Å². The van der Waals surface area contributed by atoms with Crippen molar-refractivity contribution in [3.8, 4) is 0 Å². The molecule has 8 heteroatoms. The first kappa shape index (κ1) is 17.6. The average molecular weight is 345 g/mol. The summed E-state index contributed by atoms with van der Waals surface area (Å²) in [5.41, 5.74) is 0.00555. The molecule has 0 aliphatic heterocycles. The van der Waals surface area contributed by atoms with E-state index in [9.17, 15) is 22.3 Å². The lowest BCUT2D eigenvalue weighted by atomic mass is 10.1. The largest absolute Gasteiger partial charge is 0.448 e. The Morgan fingerprint density at radius 1 is 1.30 bits per heavy atom. The maximum atomic E-state index is 13.6. The van der Waals surface area contributed by atoms with Gasteiger partial charge in [-0.25, -0.2) is 22.2 Å². The van der Waals surface area contributed by atoms with Gasteiger partial charge in [0.25, 0.3) is 0 Å². The lowest BCUT2D eigenvalue weighted by Gasteiger charge is -2.12. The standard InChI is InChI=1S/C15H17F2NO4S/c1-9(2)15-13(18-8-22-15)6-23(20,21)7-14(19)11-4-3-10(16)5-12(11)17/h3-5,8-9,14,19H,6-7H2,1-2H3. The summed E-state index contributed by atoms with van der Waals surface area (Å²) < 4.78 is 56.0. The molecule has 0 spiro atoms. The first-order chi connectivity index (χ1) is 10.7. The molecule has 1 unspecified atom stereocenters. The quantitative estimate of drug-likeness (QED) is 0.871. The van der Waals surface area contributed by atoms with Crippen molar-refractivity contribution in [2.45, 2.75) is 31.6 Å². The number of benzene rings is 1. The molecule has 1 N–H and O–H groups in total. The maximum absolute atomic E-state index is 13.6. The van der Waals surface area contributed by atoms with Crippen molar-refractivity contribution < 1.29 is 26.7 Å². The van der Waals surface area contributed by atoms with Gasteiger partial charge in [0.05, 0.1) is 23.3 Å². The molecule has 23 heavy (non-hydrogen) atoms. The van der Waals surface area contributed by atoms with Crippen molar-refractivity contribution in [2.75, 3.05) is 5.75 Å². The number of halogens is 2. The molecular weight excluding hydrogens is 328 g/mol. The minimum Gasteiger partial charge on any atom is -0.448 e. The minimum absolute atomic E-state index is 0.0397. The number of aromatic nitrogens is 1. The van der Waals surface area contributed by atoms with Gasteiger partial charge in [-0.3, -0.25) is 0 Å². The third-order valence-electron chi connectivity index (χ3n) is 3.29. The Morgan fingerprint density at radius 2 is 2.00 bits per heavy atom. The molecule has 0 radical (unpaired) electrons. The highest BCUT2D eigenvalue weighted by molar-refractivity contribution is 7.90. The average Bonchev–Trinajstić information content (AvgIpc) is 2.85. The van der Waals surface area contributed by atoms with Gasteiger partial charge >= 0.3 is 0 Å². The van der Waals surface area contributed by atoms with Crippen LogP contribution in [-0.4, -0.2) is 24.3 Å². The fourth-order valence-electron chi connectivity index (χ4n) is 2.23. The van der Waals surface area contributed by atoms with Crippen LogP contribution < -0.4 is 0 Å². The number of nitrogens with zero attached hydrogens (tertiary/aromatic N) is 1. The molecule has 1 atom stereocenters. The highest BCUT2D eigenvalue weighted by Gasteiger charge is 2.25. The number of sulfone groups is 1. The van der Waals surface area contributed by atoms with E-state index in [2.05, 4.69) is 4.98 Å². The smallest absolute Gasteiger partial charge is 0.181 e. The third-order valence-corrected chi connectivity index (χ3v) is 4.82. The van der Waals surface area contributed by atoms with Crippen molar-refractivity contribution in [3.63, 3.8) is 0 Å². The molecule has 0 bridgehead atoms. The number of hydrogen-bond donors (Lipinski definition) is 1. The first-order valence-electron chi connectivity index (χ1n) is 6.95. The van der Waals surface area contributed by atoms with Crippen LogP contribution in [0.5, 0.6) is 0 Å². The van der Waals surface area contributed by atoms with E-state index in [1.165, 1.54) is 0 Å². The van der Waals surface area contributed by atoms with Gasteiger partial charge in [-0.15, -0.1) is 0 Å². The van der Waals surface area contributed by atoms with Gasteiger partial charge in [-0.05, 0) is 6.07 Å². The summed E-state index contributed by atoms with van der Waals surface area (Å²) in [6.45, 7) is 3.67. The summed E-state index contributed by atoms with van der Waals surface area (Å²) >= 11 is 0. The van der Waals surface area contributed by atoms with Crippen LogP contribution in [-0.2, 0) is 15.6 Å². The maximum Gasteiger partial charge on any atom is 0.181 e. The number of aliphatic hydroxyl groups excluding tert-OH is 1. The van der Waals surface area contributed by atoms with E-state index in [1.54, 1.807) is 0 Å². The highest BCUT2D eigenvalue weighted by atomic mass is 32.2. The summed E-state index contributed by atoms with van der Waals surface area (Å²) in [5, 5.41) is 9.95. The van der Waals surface area contributed by atoms with E-state index in [0.29, 0.717) is 11.8 Å². The predicted octanol–water partition coefficient (Wildman–Crippen LogP) is 2.72. The van der Waals surface area contributed by atoms with Crippen LogP contribution in [0, 0.1) is 11.6 Å². The Hall–Kier alpha value is -1.80. The van der Waals surface area contributed by atoms with Gasteiger partial charge in [-0.1, -0.05) is 19.9 Å². The molecule has 1 aromatic carbocycles. The Labute approximate surface area is 132 Å². The molecular formula is C15H17F2NO4S. The topological polar surface area (TPSA) is 80.4 Å². The Balaban J connectivity index is 2.16. The van der Waals surface area contributed by atoms with E-state index in [4.69, 9.17) is 4.42 Å². The number of aliphatic hydroxyl groups is 1. The third kappa shape index (κ3) is 4.35. The molecule has 0 aliphatic rings. The Bertz CT molecular complexity index is 787. The van der Waals surface area contributed by atoms with E-state index in [0.717, 1.165) is 18.5 Å². The SMILES string of the molecule is CC(C)c1ocnc1CS(=O)(=O)CC(O)c1ccc(F)cc1F. The number of hydrogen-bond acceptors (Lipinski definition) is 5. The van der Waals surface area contributed by atoms with Gasteiger partial charge in [0.15, 0.2) is 16.2 Å². The Morgan fingerprint density at radius 3 is 2.61 bits per heavy atom. The second-order valence-corrected chi connectivity index (χ2v) is 7.66. The van der Waals surface area contributed by atoms with E-state index in [1.807, 2.05) is 13.8 Å². The fraction of sp³-hybridized carbons (Fsp3) is 0.400. The van der Waals surface area contributed by atoms with Crippen LogP contribution in [0.25, 0.3) is 0 Å². The Kier molecular flexibility index (Phi) is 5.16. The predicted molar refractivity (Wildman–Crippen MR) is 79.4 cm³/mol. The lowest BCUT2D eigenvalue weighted by Crippen LogP contribution is -2.18. The van der Waals surface area contributed by atoms with Crippen molar-refractivity contribution in [1.82, 2.24) is 4.98 Å². The van der Waals surface area contributed by atoms with E-state index >= 15 is 0 Å². The second kappa shape index (κ2) is 6.76. The summed E-state index contributed by atoms with van der Waals surface area (Å²) in [5.74, 6) is -2.49. The molecule has 0 saturated carbocycles. The zero-order valence-electron chi connectivity index (χ0n) is 12.7. The molecule has 1 aromatic heterocycles. The fourth-order valence-corrected chi connectivity index (χ4v) is 3.64. The first-order valence-corrected chi connectivity index (χ1v) is 8.77. The highest BCUT2D eigenvalue weighted by Crippen LogP contribution is 2.24. The van der Waals surface area contributed by atoms with Gasteiger partial charge in [0.1, 0.15) is 17.4 Å². The summed E-state index contributed by atoms with van der Waals surface area (Å²) in [6.07, 6.45) is -0.425. The molecule has 0 fully saturated rings. The van der Waals surface area contributed by atoms with Crippen LogP contribution in [0.4, 0.5) is 8.78 Å². The minimum atomic E-state index is -3.77. The van der Waals surface area contributed by atoms with Crippen molar-refractivity contribution >= 4 is 9.84 Å². The van der Waals surface area contributed by atoms with E-state index in [-0.39, 0.29) is 17.2 Å². The molecule has 0 amide bonds. The monoisotopic (exact) mass is 345 g/mol. The van der Waals surface area contributed by atoms with Crippen LogP contribution in [0.2, 0.25) is 0 Å². The summed E-state index contributed by atoms with van der Waals surface area (Å²) in [6, 6.07) is 2.59. The molecule has 2 aromatic rings. The van der Waals surface area contributed by atoms with Crippen LogP contribution in [0.1, 0.15) is 42.9 Å². The molecule has 5 nitrogen and oxygen atoms in total. The summed E-state index contributed by atoms with van der Waals surface area (Å²) in [7, 11) is -3.77. The molecule has 0 saturated heterocycles. The van der Waals surface area contributed by atoms with Gasteiger partial charge in [-0.2, -0.15) is 0 Å². The molecule has 126 valence electrons. The van der Waals surface area contributed by atoms with E-state index < -0.39 is 39.1 Å². The van der Waals surface area contributed by atoms with Crippen molar-refractivity contribution in [1.29, 1.82) is 0 Å². The zero-order valence-corrected chi connectivity index (χ0v) is 13.5. The number of rotatable bonds is 6.